The van der Waals surface area contributed by atoms with Crippen molar-refractivity contribution >= 4 is 5.97 Å². The van der Waals surface area contributed by atoms with Crippen LogP contribution in [-0.4, -0.2) is 31.9 Å². The van der Waals surface area contributed by atoms with E-state index in [-0.39, 0.29) is 13.2 Å². The first-order valence-electron chi connectivity index (χ1n) is 4.52. The molecule has 0 spiro atoms. The monoisotopic (exact) mass is 229 g/mol. The lowest BCUT2D eigenvalue weighted by Crippen LogP contribution is -2.29. The third-order valence-electron chi connectivity index (χ3n) is 1.32. The first-order chi connectivity index (χ1) is 6.95. The fourth-order valence-corrected chi connectivity index (χ4v) is 0.624. The Labute approximate surface area is 85.7 Å². The first kappa shape index (κ1) is 14.2. The Hall–Kier alpha value is -0.820. The van der Waals surface area contributed by atoms with Crippen molar-refractivity contribution in [3.8, 4) is 0 Å². The zero-order valence-corrected chi connectivity index (χ0v) is 8.39. The lowest BCUT2D eigenvalue weighted by atomic mass is 10.4. The molecule has 0 amide bonds. The first-order valence-corrected chi connectivity index (χ1v) is 4.52. The van der Waals surface area contributed by atoms with Crippen molar-refractivity contribution in [1.82, 2.24) is 5.48 Å². The average molecular weight is 229 g/mol. The SMILES string of the molecule is CCCCOC(=O)CNOCC(F)(F)F. The molecule has 0 aliphatic heterocycles. The molecule has 15 heavy (non-hydrogen) atoms. The summed E-state index contributed by atoms with van der Waals surface area (Å²) in [5.41, 5.74) is 1.87. The van der Waals surface area contributed by atoms with E-state index >= 15 is 0 Å². The molecule has 0 aromatic rings. The highest BCUT2D eigenvalue weighted by Crippen LogP contribution is 2.13. The molecule has 0 heterocycles. The minimum absolute atomic E-state index is 0.274. The molecule has 90 valence electrons. The van der Waals surface area contributed by atoms with Crippen LogP contribution in [0, 0.1) is 0 Å². The van der Waals surface area contributed by atoms with Crippen molar-refractivity contribution in [2.75, 3.05) is 19.8 Å². The molecule has 0 aliphatic carbocycles. The van der Waals surface area contributed by atoms with Gasteiger partial charge in [0, 0.05) is 0 Å². The Morgan fingerprint density at radius 3 is 2.60 bits per heavy atom. The van der Waals surface area contributed by atoms with Gasteiger partial charge in [-0.15, -0.1) is 0 Å². The molecule has 0 radical (unpaired) electrons. The molecular weight excluding hydrogens is 215 g/mol. The van der Waals surface area contributed by atoms with Gasteiger partial charge < -0.3 is 4.74 Å². The lowest BCUT2D eigenvalue weighted by molar-refractivity contribution is -0.191. The molecule has 0 aromatic heterocycles. The molecule has 0 atom stereocenters. The number of carbonyl (C=O) groups excluding carboxylic acids is 1. The fraction of sp³-hybridized carbons (Fsp3) is 0.875. The quantitative estimate of drug-likeness (QED) is 0.407. The van der Waals surface area contributed by atoms with E-state index in [4.69, 9.17) is 0 Å². The van der Waals surface area contributed by atoms with Gasteiger partial charge in [-0.25, -0.2) is 0 Å². The maximum Gasteiger partial charge on any atom is 0.413 e. The molecule has 4 nitrogen and oxygen atoms in total. The van der Waals surface area contributed by atoms with Crippen molar-refractivity contribution in [3.05, 3.63) is 0 Å². The summed E-state index contributed by atoms with van der Waals surface area (Å²) in [5, 5.41) is 0. The topological polar surface area (TPSA) is 47.6 Å². The summed E-state index contributed by atoms with van der Waals surface area (Å²) in [7, 11) is 0. The molecule has 7 heteroatoms. The molecule has 0 aromatic carbocycles. The third-order valence-corrected chi connectivity index (χ3v) is 1.32. The Balaban J connectivity index is 3.32. The molecule has 0 fully saturated rings. The van der Waals surface area contributed by atoms with Gasteiger partial charge in [0.25, 0.3) is 0 Å². The number of hydrogen-bond acceptors (Lipinski definition) is 4. The van der Waals surface area contributed by atoms with Gasteiger partial charge in [0.2, 0.25) is 0 Å². The molecule has 0 saturated heterocycles. The standard InChI is InChI=1S/C8H14F3NO3/c1-2-3-4-14-7(13)5-12-15-6-8(9,10)11/h12H,2-6H2,1H3. The summed E-state index contributed by atoms with van der Waals surface area (Å²) in [5.74, 6) is -0.634. The number of nitrogens with one attached hydrogen (secondary N) is 1. The number of hydroxylamine groups is 1. The van der Waals surface area contributed by atoms with E-state index in [1.165, 1.54) is 0 Å². The van der Waals surface area contributed by atoms with Crippen LogP contribution in [0.5, 0.6) is 0 Å². The van der Waals surface area contributed by atoms with E-state index in [0.717, 1.165) is 12.8 Å². The number of unbranched alkanes of at least 4 members (excludes halogenated alkanes) is 1. The second-order valence-electron chi connectivity index (χ2n) is 2.80. The minimum Gasteiger partial charge on any atom is -0.465 e. The lowest BCUT2D eigenvalue weighted by Gasteiger charge is -2.08. The number of rotatable bonds is 7. The molecule has 0 rings (SSSR count). The Morgan fingerprint density at radius 2 is 2.07 bits per heavy atom. The van der Waals surface area contributed by atoms with Gasteiger partial charge in [-0.05, 0) is 6.42 Å². The summed E-state index contributed by atoms with van der Waals surface area (Å²) in [4.78, 5) is 14.8. The number of esters is 1. The van der Waals surface area contributed by atoms with Gasteiger partial charge in [0.15, 0.2) is 6.61 Å². The predicted octanol–water partition coefficient (Wildman–Crippen LogP) is 1.41. The Morgan fingerprint density at radius 1 is 1.40 bits per heavy atom. The second-order valence-corrected chi connectivity index (χ2v) is 2.80. The summed E-state index contributed by atoms with van der Waals surface area (Å²) in [6.07, 6.45) is -2.79. The van der Waals surface area contributed by atoms with Gasteiger partial charge in [0.1, 0.15) is 6.54 Å². The number of halogens is 3. The zero-order chi connectivity index (χ0) is 11.7. The second kappa shape index (κ2) is 7.47. The van der Waals surface area contributed by atoms with Crippen LogP contribution in [0.4, 0.5) is 13.2 Å². The Kier molecular flexibility index (Phi) is 7.06. The number of hydrogen-bond donors (Lipinski definition) is 1. The fourth-order valence-electron chi connectivity index (χ4n) is 0.624. The molecule has 0 aliphatic rings. The molecule has 0 bridgehead atoms. The summed E-state index contributed by atoms with van der Waals surface area (Å²) in [6.45, 7) is 0.379. The van der Waals surface area contributed by atoms with Gasteiger partial charge >= 0.3 is 12.1 Å². The van der Waals surface area contributed by atoms with Crippen LogP contribution in [0.2, 0.25) is 0 Å². The van der Waals surface area contributed by atoms with E-state index < -0.39 is 18.8 Å². The highest BCUT2D eigenvalue weighted by Gasteiger charge is 2.27. The number of carbonyl (C=O) groups is 1. The maximum absolute atomic E-state index is 11.5. The van der Waals surface area contributed by atoms with Crippen LogP contribution in [-0.2, 0) is 14.4 Å². The van der Waals surface area contributed by atoms with Crippen LogP contribution >= 0.6 is 0 Å². The molecular formula is C8H14F3NO3. The van der Waals surface area contributed by atoms with Crippen molar-refractivity contribution in [2.45, 2.75) is 25.9 Å². The minimum atomic E-state index is -4.40. The zero-order valence-electron chi connectivity index (χ0n) is 8.39. The van der Waals surface area contributed by atoms with Crippen molar-refractivity contribution in [3.63, 3.8) is 0 Å². The number of alkyl halides is 3. The number of ether oxygens (including phenoxy) is 1. The third kappa shape index (κ3) is 11.1. The van der Waals surface area contributed by atoms with Crippen LogP contribution in [0.15, 0.2) is 0 Å². The van der Waals surface area contributed by atoms with Gasteiger partial charge in [-0.1, -0.05) is 13.3 Å². The normalized spacial score (nSPS) is 11.5. The van der Waals surface area contributed by atoms with E-state index in [1.54, 1.807) is 0 Å². The van der Waals surface area contributed by atoms with Crippen LogP contribution in [0.3, 0.4) is 0 Å². The van der Waals surface area contributed by atoms with Crippen molar-refractivity contribution in [2.24, 2.45) is 0 Å². The average Bonchev–Trinajstić information content (AvgIpc) is 2.11. The van der Waals surface area contributed by atoms with E-state index in [1.807, 2.05) is 12.4 Å². The summed E-state index contributed by atoms with van der Waals surface area (Å²) < 4.78 is 39.3. The van der Waals surface area contributed by atoms with Crippen LogP contribution in [0.1, 0.15) is 19.8 Å². The van der Waals surface area contributed by atoms with Gasteiger partial charge in [0.05, 0.1) is 6.61 Å². The largest absolute Gasteiger partial charge is 0.465 e. The van der Waals surface area contributed by atoms with Crippen LogP contribution < -0.4 is 5.48 Å². The molecule has 1 N–H and O–H groups in total. The van der Waals surface area contributed by atoms with Crippen molar-refractivity contribution < 1.29 is 27.5 Å². The Bertz CT molecular complexity index is 184. The van der Waals surface area contributed by atoms with Crippen LogP contribution in [0.25, 0.3) is 0 Å². The van der Waals surface area contributed by atoms with E-state index in [0.29, 0.717) is 0 Å². The summed E-state index contributed by atoms with van der Waals surface area (Å²) in [6, 6.07) is 0. The van der Waals surface area contributed by atoms with E-state index in [9.17, 15) is 18.0 Å². The highest BCUT2D eigenvalue weighted by molar-refractivity contribution is 5.71. The predicted molar refractivity (Wildman–Crippen MR) is 45.9 cm³/mol. The van der Waals surface area contributed by atoms with Gasteiger partial charge in [-0.3, -0.25) is 9.63 Å². The van der Waals surface area contributed by atoms with Gasteiger partial charge in [-0.2, -0.15) is 18.7 Å². The maximum atomic E-state index is 11.5. The van der Waals surface area contributed by atoms with E-state index in [2.05, 4.69) is 9.57 Å². The molecule has 0 saturated carbocycles. The molecule has 0 unspecified atom stereocenters. The van der Waals surface area contributed by atoms with Crippen molar-refractivity contribution in [1.29, 1.82) is 0 Å². The highest BCUT2D eigenvalue weighted by atomic mass is 19.4. The summed E-state index contributed by atoms with van der Waals surface area (Å²) >= 11 is 0. The smallest absolute Gasteiger partial charge is 0.413 e.